The van der Waals surface area contributed by atoms with Crippen LogP contribution in [0.5, 0.6) is 11.5 Å². The van der Waals surface area contributed by atoms with Crippen LogP contribution in [0.4, 0.5) is 0 Å². The Morgan fingerprint density at radius 1 is 1.19 bits per heavy atom. The van der Waals surface area contributed by atoms with Gasteiger partial charge in [0.05, 0.1) is 7.11 Å². The van der Waals surface area contributed by atoms with Crippen LogP contribution >= 0.6 is 0 Å². The lowest BCUT2D eigenvalue weighted by Crippen LogP contribution is -2.24. The van der Waals surface area contributed by atoms with Crippen molar-refractivity contribution in [1.82, 2.24) is 4.72 Å². The van der Waals surface area contributed by atoms with E-state index in [-0.39, 0.29) is 11.4 Å². The predicted molar refractivity (Wildman–Crippen MR) is 98.4 cm³/mol. The molecule has 1 aliphatic rings. The zero-order valence-electron chi connectivity index (χ0n) is 14.8. The van der Waals surface area contributed by atoms with Crippen LogP contribution in [0.25, 0.3) is 5.57 Å². The highest BCUT2D eigenvalue weighted by molar-refractivity contribution is 7.89. The molecule has 0 radical (unpaired) electrons. The Balaban J connectivity index is 1.84. The molecule has 1 atom stereocenters. The summed E-state index contributed by atoms with van der Waals surface area (Å²) in [6, 6.07) is 11.8. The maximum atomic E-state index is 12.6. The van der Waals surface area contributed by atoms with Crippen molar-refractivity contribution >= 4 is 15.6 Å². The lowest BCUT2D eigenvalue weighted by Gasteiger charge is -2.25. The monoisotopic (exact) mass is 375 g/mol. The van der Waals surface area contributed by atoms with Gasteiger partial charge in [-0.1, -0.05) is 18.2 Å². The number of allylic oxidation sites excluding steroid dienone is 1. The smallest absolute Gasteiger partial charge is 0.244 e. The standard InChI is InChI=1S/C19H21NO5S/c1-12-13(2)19(21)25-16-9-8-14(10-15(12)16)11-20-26(22,23)18-7-5-4-6-17(18)24-3/h4-10,19-21H,11H2,1-3H3. The Kier molecular flexibility index (Phi) is 5.04. The SMILES string of the molecule is COc1ccccc1S(=O)(=O)NCc1ccc2c(c1)C(C)=C(C)C(O)O2. The maximum Gasteiger partial charge on any atom is 0.244 e. The van der Waals surface area contributed by atoms with E-state index in [0.717, 1.165) is 22.3 Å². The molecule has 7 heteroatoms. The zero-order valence-corrected chi connectivity index (χ0v) is 15.6. The van der Waals surface area contributed by atoms with E-state index in [4.69, 9.17) is 9.47 Å². The fourth-order valence-electron chi connectivity index (χ4n) is 2.79. The van der Waals surface area contributed by atoms with Crippen molar-refractivity contribution in [2.75, 3.05) is 7.11 Å². The van der Waals surface area contributed by atoms with Gasteiger partial charge in [-0.15, -0.1) is 0 Å². The molecule has 6 nitrogen and oxygen atoms in total. The molecule has 1 heterocycles. The van der Waals surface area contributed by atoms with Crippen molar-refractivity contribution < 1.29 is 23.0 Å². The molecule has 0 amide bonds. The van der Waals surface area contributed by atoms with Gasteiger partial charge in [0.2, 0.25) is 16.3 Å². The van der Waals surface area contributed by atoms with E-state index in [1.54, 1.807) is 37.3 Å². The number of methoxy groups -OCH3 is 1. The molecular weight excluding hydrogens is 354 g/mol. The van der Waals surface area contributed by atoms with Gasteiger partial charge in [0.1, 0.15) is 16.4 Å². The Hall–Kier alpha value is -2.35. The summed E-state index contributed by atoms with van der Waals surface area (Å²) < 4.78 is 38.3. The number of ether oxygens (including phenoxy) is 2. The molecule has 0 aliphatic carbocycles. The highest BCUT2D eigenvalue weighted by atomic mass is 32.2. The number of aliphatic hydroxyl groups excluding tert-OH is 1. The second-order valence-corrected chi connectivity index (χ2v) is 7.82. The van der Waals surface area contributed by atoms with Crippen LogP contribution in [-0.2, 0) is 16.6 Å². The van der Waals surface area contributed by atoms with E-state index in [1.165, 1.54) is 13.2 Å². The summed E-state index contributed by atoms with van der Waals surface area (Å²) in [6.45, 7) is 3.84. The highest BCUT2D eigenvalue weighted by Gasteiger charge is 2.23. The number of nitrogens with one attached hydrogen (secondary N) is 1. The van der Waals surface area contributed by atoms with Crippen molar-refractivity contribution in [3.63, 3.8) is 0 Å². The molecular formula is C19H21NO5S. The van der Waals surface area contributed by atoms with Crippen LogP contribution in [0, 0.1) is 0 Å². The number of hydrogen-bond donors (Lipinski definition) is 2. The summed E-state index contributed by atoms with van der Waals surface area (Å²) in [5.74, 6) is 0.874. The van der Waals surface area contributed by atoms with Crippen LogP contribution in [0.3, 0.4) is 0 Å². The number of fused-ring (bicyclic) bond motifs is 1. The van der Waals surface area contributed by atoms with Crippen molar-refractivity contribution in [1.29, 1.82) is 0 Å². The van der Waals surface area contributed by atoms with E-state index < -0.39 is 16.3 Å². The summed E-state index contributed by atoms with van der Waals surface area (Å²) in [7, 11) is -2.28. The Labute approximate surface area is 153 Å². The first-order valence-electron chi connectivity index (χ1n) is 8.11. The number of sulfonamides is 1. The van der Waals surface area contributed by atoms with Crippen LogP contribution in [0.2, 0.25) is 0 Å². The van der Waals surface area contributed by atoms with Gasteiger partial charge in [0.25, 0.3) is 0 Å². The zero-order chi connectivity index (χ0) is 18.9. The predicted octanol–water partition coefficient (Wildman–Crippen LogP) is 2.68. The Bertz CT molecular complexity index is 966. The number of benzene rings is 2. The van der Waals surface area contributed by atoms with Gasteiger partial charge in [0.15, 0.2) is 0 Å². The number of hydrogen-bond acceptors (Lipinski definition) is 5. The molecule has 0 saturated carbocycles. The second-order valence-electron chi connectivity index (χ2n) is 6.08. The lowest BCUT2D eigenvalue weighted by molar-refractivity contribution is 0.0123. The van der Waals surface area contributed by atoms with E-state index in [1.807, 2.05) is 13.0 Å². The van der Waals surface area contributed by atoms with Crippen molar-refractivity contribution in [2.24, 2.45) is 0 Å². The average molecular weight is 375 g/mol. The number of para-hydroxylation sites is 1. The number of rotatable bonds is 5. The van der Waals surface area contributed by atoms with Crippen LogP contribution in [-0.4, -0.2) is 26.9 Å². The van der Waals surface area contributed by atoms with Gasteiger partial charge in [-0.2, -0.15) is 0 Å². The molecule has 0 bridgehead atoms. The van der Waals surface area contributed by atoms with Crippen LogP contribution in [0.15, 0.2) is 52.9 Å². The third-order valence-corrected chi connectivity index (χ3v) is 5.91. The maximum absolute atomic E-state index is 12.6. The topological polar surface area (TPSA) is 84.9 Å². The van der Waals surface area contributed by atoms with Gasteiger partial charge >= 0.3 is 0 Å². The molecule has 138 valence electrons. The van der Waals surface area contributed by atoms with Gasteiger partial charge in [0, 0.05) is 12.1 Å². The number of aliphatic hydroxyl groups is 1. The van der Waals surface area contributed by atoms with E-state index in [9.17, 15) is 13.5 Å². The molecule has 1 unspecified atom stereocenters. The van der Waals surface area contributed by atoms with E-state index >= 15 is 0 Å². The minimum atomic E-state index is -3.71. The quantitative estimate of drug-likeness (QED) is 0.839. The van der Waals surface area contributed by atoms with Crippen LogP contribution in [0.1, 0.15) is 25.0 Å². The van der Waals surface area contributed by atoms with Gasteiger partial charge in [-0.05, 0) is 54.8 Å². The molecule has 3 rings (SSSR count). The molecule has 2 aromatic rings. The fourth-order valence-corrected chi connectivity index (χ4v) is 3.97. The lowest BCUT2D eigenvalue weighted by atomic mass is 9.97. The summed E-state index contributed by atoms with van der Waals surface area (Å²) in [6.07, 6.45) is -0.947. The normalized spacial score (nSPS) is 16.8. The third kappa shape index (κ3) is 3.46. The Morgan fingerprint density at radius 2 is 1.92 bits per heavy atom. The summed E-state index contributed by atoms with van der Waals surface area (Å²) in [5.41, 5.74) is 3.30. The summed E-state index contributed by atoms with van der Waals surface area (Å²) in [5, 5.41) is 9.87. The molecule has 0 aromatic heterocycles. The molecule has 2 aromatic carbocycles. The molecule has 0 fully saturated rings. The fraction of sp³-hybridized carbons (Fsp3) is 0.263. The highest BCUT2D eigenvalue weighted by Crippen LogP contribution is 2.35. The van der Waals surface area contributed by atoms with Gasteiger partial charge < -0.3 is 14.6 Å². The van der Waals surface area contributed by atoms with Crippen molar-refractivity contribution in [3.8, 4) is 11.5 Å². The molecule has 1 aliphatic heterocycles. The van der Waals surface area contributed by atoms with E-state index in [2.05, 4.69) is 4.72 Å². The molecule has 2 N–H and O–H groups in total. The first-order chi connectivity index (χ1) is 12.3. The average Bonchev–Trinajstić information content (AvgIpc) is 2.65. The Morgan fingerprint density at radius 3 is 2.65 bits per heavy atom. The minimum Gasteiger partial charge on any atom is -0.495 e. The first kappa shape index (κ1) is 18.4. The van der Waals surface area contributed by atoms with Gasteiger partial charge in [-0.25, -0.2) is 13.1 Å². The molecule has 0 spiro atoms. The second kappa shape index (κ2) is 7.11. The first-order valence-corrected chi connectivity index (χ1v) is 9.60. The largest absolute Gasteiger partial charge is 0.495 e. The van der Waals surface area contributed by atoms with Crippen molar-refractivity contribution in [3.05, 3.63) is 59.2 Å². The molecule has 26 heavy (non-hydrogen) atoms. The van der Waals surface area contributed by atoms with Crippen LogP contribution < -0.4 is 14.2 Å². The summed E-state index contributed by atoms with van der Waals surface area (Å²) >= 11 is 0. The van der Waals surface area contributed by atoms with Crippen molar-refractivity contribution in [2.45, 2.75) is 31.6 Å². The minimum absolute atomic E-state index is 0.0961. The third-order valence-electron chi connectivity index (χ3n) is 4.47. The van der Waals surface area contributed by atoms with E-state index in [0.29, 0.717) is 11.5 Å². The van der Waals surface area contributed by atoms with Gasteiger partial charge in [-0.3, -0.25) is 0 Å². The molecule has 0 saturated heterocycles. The summed E-state index contributed by atoms with van der Waals surface area (Å²) in [4.78, 5) is 0.0961.